The molecule has 0 spiro atoms. The van der Waals surface area contributed by atoms with Crippen molar-refractivity contribution >= 4 is 5.84 Å². The minimum atomic E-state index is -1.04. The lowest BCUT2D eigenvalue weighted by Crippen LogP contribution is -2.31. The van der Waals surface area contributed by atoms with Crippen LogP contribution in [0.3, 0.4) is 0 Å². The van der Waals surface area contributed by atoms with Crippen LogP contribution < -0.4 is 11.1 Å². The fraction of sp³-hybridized carbons (Fsp3) is 0.462. The summed E-state index contributed by atoms with van der Waals surface area (Å²) in [6.07, 6.45) is -0.481. The fourth-order valence-corrected chi connectivity index (χ4v) is 1.65. The number of nitrogens with one attached hydrogen (secondary N) is 1. The number of nitrogens with two attached hydrogens (primary N) is 1. The molecule has 18 heavy (non-hydrogen) atoms. The van der Waals surface area contributed by atoms with E-state index in [1.807, 2.05) is 13.8 Å². The molecule has 0 aromatic heterocycles. The summed E-state index contributed by atoms with van der Waals surface area (Å²) in [5, 5.41) is 13.0. The maximum atomic E-state index is 12.7. The van der Waals surface area contributed by atoms with Crippen LogP contribution in [0.15, 0.2) is 29.3 Å². The molecule has 1 aromatic carbocycles. The first-order chi connectivity index (χ1) is 8.52. The quantitative estimate of drug-likeness (QED) is 0.532. The normalized spacial score (nSPS) is 15.4. The summed E-state index contributed by atoms with van der Waals surface area (Å²) in [4.78, 5) is 3.99. The van der Waals surface area contributed by atoms with E-state index in [1.165, 1.54) is 24.3 Å². The molecule has 1 aromatic rings. The summed E-state index contributed by atoms with van der Waals surface area (Å²) in [7, 11) is 0. The molecule has 0 aliphatic heterocycles. The molecule has 4 N–H and O–H groups in total. The van der Waals surface area contributed by atoms with Gasteiger partial charge in [-0.05, 0) is 25.6 Å². The number of aliphatic hydroxyl groups excluding tert-OH is 1. The Bertz CT molecular complexity index is 392. The van der Waals surface area contributed by atoms with Gasteiger partial charge in [0.2, 0.25) is 0 Å². The topological polar surface area (TPSA) is 70.6 Å². The Morgan fingerprint density at radius 3 is 2.61 bits per heavy atom. The van der Waals surface area contributed by atoms with E-state index in [0.717, 1.165) is 6.54 Å². The number of aliphatic imine (C=N–C) groups is 1. The first kappa shape index (κ1) is 14.6. The van der Waals surface area contributed by atoms with Gasteiger partial charge in [0.15, 0.2) is 6.23 Å². The highest BCUT2D eigenvalue weighted by Crippen LogP contribution is 2.14. The van der Waals surface area contributed by atoms with Crippen molar-refractivity contribution in [3.8, 4) is 0 Å². The first-order valence-electron chi connectivity index (χ1n) is 6.02. The molecule has 0 saturated carbocycles. The number of hydrogen-bond acceptors (Lipinski definition) is 3. The van der Waals surface area contributed by atoms with E-state index in [4.69, 9.17) is 5.73 Å². The second kappa shape index (κ2) is 7.08. The Morgan fingerprint density at radius 1 is 1.44 bits per heavy atom. The SMILES string of the molecule is CCNC(C)C/C(N)=N/C(O)c1ccc(F)cc1. The van der Waals surface area contributed by atoms with Gasteiger partial charge in [-0.15, -0.1) is 0 Å². The van der Waals surface area contributed by atoms with Gasteiger partial charge in [-0.25, -0.2) is 9.38 Å². The van der Waals surface area contributed by atoms with E-state index in [9.17, 15) is 9.50 Å². The van der Waals surface area contributed by atoms with Gasteiger partial charge in [0.1, 0.15) is 5.82 Å². The Balaban J connectivity index is 2.61. The molecule has 2 atom stereocenters. The Kier molecular flexibility index (Phi) is 5.74. The van der Waals surface area contributed by atoms with Crippen LogP contribution >= 0.6 is 0 Å². The average Bonchev–Trinajstić information content (AvgIpc) is 2.29. The molecule has 0 aliphatic carbocycles. The Labute approximate surface area is 107 Å². The minimum Gasteiger partial charge on any atom is -0.387 e. The van der Waals surface area contributed by atoms with E-state index >= 15 is 0 Å². The fourth-order valence-electron chi connectivity index (χ4n) is 1.65. The largest absolute Gasteiger partial charge is 0.387 e. The Hall–Kier alpha value is -1.46. The highest BCUT2D eigenvalue weighted by molar-refractivity contribution is 5.81. The molecule has 0 radical (unpaired) electrons. The van der Waals surface area contributed by atoms with Crippen molar-refractivity contribution in [1.29, 1.82) is 0 Å². The second-order valence-corrected chi connectivity index (χ2v) is 4.21. The molecule has 0 bridgehead atoms. The number of benzene rings is 1. The van der Waals surface area contributed by atoms with Crippen molar-refractivity contribution in [3.63, 3.8) is 0 Å². The summed E-state index contributed by atoms with van der Waals surface area (Å²) in [5.74, 6) is 0.0314. The molecule has 2 unspecified atom stereocenters. The lowest BCUT2D eigenvalue weighted by Gasteiger charge is -2.13. The van der Waals surface area contributed by atoms with Crippen LogP contribution in [0.4, 0.5) is 4.39 Å². The van der Waals surface area contributed by atoms with E-state index in [1.54, 1.807) is 0 Å². The van der Waals surface area contributed by atoms with Crippen LogP contribution in [0, 0.1) is 5.82 Å². The molecule has 4 nitrogen and oxygen atoms in total. The van der Waals surface area contributed by atoms with Crippen molar-refractivity contribution in [2.75, 3.05) is 6.54 Å². The smallest absolute Gasteiger partial charge is 0.173 e. The second-order valence-electron chi connectivity index (χ2n) is 4.21. The molecule has 1 rings (SSSR count). The zero-order valence-corrected chi connectivity index (χ0v) is 10.7. The van der Waals surface area contributed by atoms with E-state index in [-0.39, 0.29) is 11.9 Å². The summed E-state index contributed by atoms with van der Waals surface area (Å²) < 4.78 is 12.7. The van der Waals surface area contributed by atoms with Gasteiger partial charge >= 0.3 is 0 Å². The van der Waals surface area contributed by atoms with E-state index in [2.05, 4.69) is 10.3 Å². The van der Waals surface area contributed by atoms with Crippen molar-refractivity contribution < 1.29 is 9.50 Å². The van der Waals surface area contributed by atoms with Crippen LogP contribution in [-0.4, -0.2) is 23.5 Å². The highest BCUT2D eigenvalue weighted by Gasteiger charge is 2.08. The predicted octanol–water partition coefficient (Wildman–Crippen LogP) is 1.56. The third kappa shape index (κ3) is 4.81. The van der Waals surface area contributed by atoms with Crippen LogP contribution in [0.5, 0.6) is 0 Å². The zero-order valence-electron chi connectivity index (χ0n) is 10.7. The predicted molar refractivity (Wildman–Crippen MR) is 70.7 cm³/mol. The van der Waals surface area contributed by atoms with Gasteiger partial charge in [-0.3, -0.25) is 0 Å². The minimum absolute atomic E-state index is 0.208. The van der Waals surface area contributed by atoms with Crippen molar-refractivity contribution in [1.82, 2.24) is 5.32 Å². The lowest BCUT2D eigenvalue weighted by atomic mass is 10.2. The molecule has 5 heteroatoms. The summed E-state index contributed by atoms with van der Waals surface area (Å²) >= 11 is 0. The lowest BCUT2D eigenvalue weighted by molar-refractivity contribution is 0.188. The molecule has 0 heterocycles. The molecule has 0 amide bonds. The highest BCUT2D eigenvalue weighted by atomic mass is 19.1. The summed E-state index contributed by atoms with van der Waals surface area (Å²) in [6, 6.07) is 5.76. The van der Waals surface area contributed by atoms with Crippen molar-refractivity contribution in [3.05, 3.63) is 35.6 Å². The maximum Gasteiger partial charge on any atom is 0.173 e. The Morgan fingerprint density at radius 2 is 2.06 bits per heavy atom. The van der Waals surface area contributed by atoms with Gasteiger partial charge in [-0.2, -0.15) is 0 Å². The van der Waals surface area contributed by atoms with Crippen LogP contribution in [0.2, 0.25) is 0 Å². The number of halogens is 1. The van der Waals surface area contributed by atoms with Gasteiger partial charge < -0.3 is 16.2 Å². The first-order valence-corrected chi connectivity index (χ1v) is 6.02. The van der Waals surface area contributed by atoms with Gasteiger partial charge in [0.05, 0.1) is 5.84 Å². The molecule has 0 aliphatic rings. The summed E-state index contributed by atoms with van der Waals surface area (Å²) in [6.45, 7) is 4.86. The van der Waals surface area contributed by atoms with Crippen LogP contribution in [0.1, 0.15) is 32.1 Å². The number of aliphatic hydroxyl groups is 1. The van der Waals surface area contributed by atoms with Crippen LogP contribution in [-0.2, 0) is 0 Å². The summed E-state index contributed by atoms with van der Waals surface area (Å²) in [5.41, 5.74) is 6.27. The standard InChI is InChI=1S/C13H20FN3O/c1-3-16-9(2)8-12(15)17-13(18)10-4-6-11(14)7-5-10/h4-7,9,13,16,18H,3,8H2,1-2H3,(H2,15,17). The molecule has 0 fully saturated rings. The number of nitrogens with zero attached hydrogens (tertiary/aromatic N) is 1. The molecular weight excluding hydrogens is 233 g/mol. The van der Waals surface area contributed by atoms with Crippen molar-refractivity contribution in [2.45, 2.75) is 32.5 Å². The van der Waals surface area contributed by atoms with Gasteiger partial charge in [0.25, 0.3) is 0 Å². The number of rotatable bonds is 6. The van der Waals surface area contributed by atoms with Gasteiger partial charge in [0, 0.05) is 18.0 Å². The van der Waals surface area contributed by atoms with Crippen LogP contribution in [0.25, 0.3) is 0 Å². The molecular formula is C13H20FN3O. The zero-order chi connectivity index (χ0) is 13.5. The van der Waals surface area contributed by atoms with E-state index < -0.39 is 6.23 Å². The third-order valence-electron chi connectivity index (χ3n) is 2.52. The molecule has 0 saturated heterocycles. The van der Waals surface area contributed by atoms with Crippen molar-refractivity contribution in [2.24, 2.45) is 10.7 Å². The molecule has 100 valence electrons. The van der Waals surface area contributed by atoms with Gasteiger partial charge in [-0.1, -0.05) is 19.1 Å². The van der Waals surface area contributed by atoms with E-state index in [0.29, 0.717) is 17.8 Å². The number of hydrogen-bond donors (Lipinski definition) is 3. The average molecular weight is 253 g/mol. The third-order valence-corrected chi connectivity index (χ3v) is 2.52. The number of amidine groups is 1. The maximum absolute atomic E-state index is 12.7. The monoisotopic (exact) mass is 253 g/mol.